The Balaban J connectivity index is 2.55. The number of aromatic nitrogens is 2. The number of halogens is 2. The molecular formula is C13H12ClIN2O2. The molecule has 2 aromatic rings. The number of nitrogens with zero attached hydrogens (tertiary/aromatic N) is 2. The summed E-state index contributed by atoms with van der Waals surface area (Å²) in [7, 11) is 1.52. The van der Waals surface area contributed by atoms with Crippen LogP contribution in [0.15, 0.2) is 24.4 Å². The van der Waals surface area contributed by atoms with Crippen LogP contribution in [-0.2, 0) is 6.54 Å². The zero-order valence-corrected chi connectivity index (χ0v) is 13.4. The Bertz CT molecular complexity index is 604. The van der Waals surface area contributed by atoms with Crippen molar-refractivity contribution in [2.45, 2.75) is 13.5 Å². The lowest BCUT2D eigenvalue weighted by Gasteiger charge is -2.08. The number of benzene rings is 1. The summed E-state index contributed by atoms with van der Waals surface area (Å²) in [6.45, 7) is 2.52. The van der Waals surface area contributed by atoms with Gasteiger partial charge >= 0.3 is 0 Å². The zero-order valence-electron chi connectivity index (χ0n) is 10.5. The van der Waals surface area contributed by atoms with Crippen molar-refractivity contribution in [1.29, 1.82) is 0 Å². The van der Waals surface area contributed by atoms with Gasteiger partial charge in [-0.3, -0.25) is 9.48 Å². The van der Waals surface area contributed by atoms with Crippen molar-refractivity contribution < 1.29 is 9.53 Å². The first kappa shape index (κ1) is 14.3. The van der Waals surface area contributed by atoms with Crippen molar-refractivity contribution in [2.24, 2.45) is 0 Å². The first-order chi connectivity index (χ1) is 9.08. The van der Waals surface area contributed by atoms with Crippen LogP contribution < -0.4 is 4.74 Å². The van der Waals surface area contributed by atoms with E-state index in [1.807, 2.05) is 13.0 Å². The number of carbonyl (C=O) groups excluding carboxylic acids is 1. The van der Waals surface area contributed by atoms with Gasteiger partial charge in [0.25, 0.3) is 0 Å². The fourth-order valence-corrected chi connectivity index (χ4v) is 2.54. The highest BCUT2D eigenvalue weighted by Crippen LogP contribution is 2.25. The van der Waals surface area contributed by atoms with Gasteiger partial charge < -0.3 is 4.74 Å². The molecule has 0 saturated carbocycles. The fraction of sp³-hybridized carbons (Fsp3) is 0.231. The molecule has 1 heterocycles. The summed E-state index contributed by atoms with van der Waals surface area (Å²) in [4.78, 5) is 12.6. The number of methoxy groups -OCH3 is 1. The molecule has 0 spiro atoms. The molecule has 0 atom stereocenters. The van der Waals surface area contributed by atoms with Gasteiger partial charge in [0, 0.05) is 20.7 Å². The Labute approximate surface area is 129 Å². The third-order valence-corrected chi connectivity index (χ3v) is 3.89. The second kappa shape index (κ2) is 5.92. The quantitative estimate of drug-likeness (QED) is 0.594. The van der Waals surface area contributed by atoms with Gasteiger partial charge in [-0.15, -0.1) is 0 Å². The van der Waals surface area contributed by atoms with Gasteiger partial charge in [0.2, 0.25) is 5.78 Å². The molecule has 0 bridgehead atoms. The summed E-state index contributed by atoms with van der Waals surface area (Å²) in [5.74, 6) is 0.339. The van der Waals surface area contributed by atoms with E-state index < -0.39 is 0 Å². The normalized spacial score (nSPS) is 10.5. The van der Waals surface area contributed by atoms with E-state index in [0.717, 1.165) is 3.57 Å². The predicted molar refractivity (Wildman–Crippen MR) is 82.1 cm³/mol. The average Bonchev–Trinajstić information content (AvgIpc) is 2.83. The van der Waals surface area contributed by atoms with Gasteiger partial charge in [-0.2, -0.15) is 5.10 Å². The van der Waals surface area contributed by atoms with Gasteiger partial charge in [0.05, 0.1) is 13.3 Å². The van der Waals surface area contributed by atoms with Gasteiger partial charge in [0.15, 0.2) is 11.4 Å². The average molecular weight is 391 g/mol. The molecule has 19 heavy (non-hydrogen) atoms. The third-order valence-electron chi connectivity index (χ3n) is 2.71. The maximum atomic E-state index is 12.6. The summed E-state index contributed by atoms with van der Waals surface area (Å²) >= 11 is 8.08. The molecule has 0 unspecified atom stereocenters. The molecule has 6 heteroatoms. The Morgan fingerprint density at radius 2 is 2.26 bits per heavy atom. The van der Waals surface area contributed by atoms with Gasteiger partial charge in [-0.25, -0.2) is 0 Å². The van der Waals surface area contributed by atoms with Crippen molar-refractivity contribution >= 4 is 40.0 Å². The van der Waals surface area contributed by atoms with Gasteiger partial charge in [-0.05, 0) is 47.7 Å². The molecular weight excluding hydrogens is 379 g/mol. The van der Waals surface area contributed by atoms with Crippen molar-refractivity contribution in [1.82, 2.24) is 9.78 Å². The fourth-order valence-electron chi connectivity index (χ4n) is 1.79. The van der Waals surface area contributed by atoms with Crippen LogP contribution in [0.1, 0.15) is 23.0 Å². The van der Waals surface area contributed by atoms with E-state index in [-0.39, 0.29) is 5.78 Å². The van der Waals surface area contributed by atoms with Crippen molar-refractivity contribution in [3.8, 4) is 5.75 Å². The summed E-state index contributed by atoms with van der Waals surface area (Å²) in [5, 5.41) is 4.67. The van der Waals surface area contributed by atoms with Crippen LogP contribution in [0.25, 0.3) is 0 Å². The Kier molecular flexibility index (Phi) is 4.46. The van der Waals surface area contributed by atoms with Crippen LogP contribution in [0.3, 0.4) is 0 Å². The minimum Gasteiger partial charge on any atom is -0.493 e. The van der Waals surface area contributed by atoms with E-state index in [1.54, 1.807) is 23.0 Å². The van der Waals surface area contributed by atoms with Crippen molar-refractivity contribution in [3.05, 3.63) is 44.2 Å². The Morgan fingerprint density at radius 3 is 2.89 bits per heavy atom. The monoisotopic (exact) mass is 390 g/mol. The Hall–Kier alpha value is -1.08. The van der Waals surface area contributed by atoms with Crippen LogP contribution >= 0.6 is 34.2 Å². The molecule has 0 fully saturated rings. The van der Waals surface area contributed by atoms with Crippen LogP contribution in [0.2, 0.25) is 5.02 Å². The van der Waals surface area contributed by atoms with E-state index in [1.165, 1.54) is 7.11 Å². The number of ketones is 1. The summed E-state index contributed by atoms with van der Waals surface area (Å²) < 4.78 is 7.67. The molecule has 0 aliphatic carbocycles. The predicted octanol–water partition coefficient (Wildman–Crippen LogP) is 3.40. The number of rotatable bonds is 4. The van der Waals surface area contributed by atoms with E-state index >= 15 is 0 Å². The molecule has 0 amide bonds. The van der Waals surface area contributed by atoms with E-state index in [0.29, 0.717) is 28.6 Å². The molecule has 1 aromatic heterocycles. The summed E-state index contributed by atoms with van der Waals surface area (Å²) in [5.41, 5.74) is 1.01. The van der Waals surface area contributed by atoms with E-state index in [4.69, 9.17) is 16.3 Å². The van der Waals surface area contributed by atoms with Crippen LogP contribution in [0, 0.1) is 3.57 Å². The summed E-state index contributed by atoms with van der Waals surface area (Å²) in [6.07, 6.45) is 1.55. The van der Waals surface area contributed by atoms with Crippen LogP contribution in [-0.4, -0.2) is 22.7 Å². The van der Waals surface area contributed by atoms with Gasteiger partial charge in [-0.1, -0.05) is 11.6 Å². The molecule has 0 aliphatic rings. The third kappa shape index (κ3) is 2.76. The maximum absolute atomic E-state index is 12.6. The number of aryl methyl sites for hydroxylation is 1. The minimum atomic E-state index is -0.136. The second-order valence-corrected chi connectivity index (χ2v) is 5.43. The molecule has 0 N–H and O–H groups in total. The van der Waals surface area contributed by atoms with E-state index in [2.05, 4.69) is 27.7 Å². The molecule has 0 aliphatic heterocycles. The number of carbonyl (C=O) groups is 1. The first-order valence-corrected chi connectivity index (χ1v) is 7.13. The minimum absolute atomic E-state index is 0.136. The maximum Gasteiger partial charge on any atom is 0.215 e. The number of ether oxygens (including phenoxy) is 1. The first-order valence-electron chi connectivity index (χ1n) is 5.68. The number of hydrogen-bond donors (Lipinski definition) is 0. The van der Waals surface area contributed by atoms with Crippen molar-refractivity contribution in [2.75, 3.05) is 7.11 Å². The second-order valence-electron chi connectivity index (χ2n) is 3.83. The van der Waals surface area contributed by atoms with Gasteiger partial charge in [0.1, 0.15) is 0 Å². The standard InChI is InChI=1S/C13H12ClIN2O2/c1-3-17-12(11(19-2)7-16-17)13(18)9-6-8(14)4-5-10(9)15/h4-7H,3H2,1-2H3. The molecule has 2 rings (SSSR count). The molecule has 0 radical (unpaired) electrons. The largest absolute Gasteiger partial charge is 0.493 e. The molecule has 0 saturated heterocycles. The number of hydrogen-bond acceptors (Lipinski definition) is 3. The topological polar surface area (TPSA) is 44.1 Å². The molecule has 100 valence electrons. The van der Waals surface area contributed by atoms with Crippen molar-refractivity contribution in [3.63, 3.8) is 0 Å². The lowest BCUT2D eigenvalue weighted by Crippen LogP contribution is -2.13. The van der Waals surface area contributed by atoms with Crippen LogP contribution in [0.4, 0.5) is 0 Å². The lowest BCUT2D eigenvalue weighted by molar-refractivity contribution is 0.102. The zero-order chi connectivity index (χ0) is 14.0. The van der Waals surface area contributed by atoms with Crippen LogP contribution in [0.5, 0.6) is 5.75 Å². The highest BCUT2D eigenvalue weighted by Gasteiger charge is 2.22. The smallest absolute Gasteiger partial charge is 0.215 e. The highest BCUT2D eigenvalue weighted by molar-refractivity contribution is 14.1. The Morgan fingerprint density at radius 1 is 1.53 bits per heavy atom. The van der Waals surface area contributed by atoms with E-state index in [9.17, 15) is 4.79 Å². The molecule has 1 aromatic carbocycles. The molecule has 4 nitrogen and oxygen atoms in total. The lowest BCUT2D eigenvalue weighted by atomic mass is 10.1. The highest BCUT2D eigenvalue weighted by atomic mass is 127. The summed E-state index contributed by atoms with van der Waals surface area (Å²) in [6, 6.07) is 5.24. The SMILES string of the molecule is CCn1ncc(OC)c1C(=O)c1cc(Cl)ccc1I.